The van der Waals surface area contributed by atoms with Gasteiger partial charge < -0.3 is 20.0 Å². The third-order valence-electron chi connectivity index (χ3n) is 5.78. The fourth-order valence-electron chi connectivity index (χ4n) is 4.34. The molecule has 140 valence electrons. The molecule has 3 aliphatic rings. The van der Waals surface area contributed by atoms with Gasteiger partial charge in [0.1, 0.15) is 18.1 Å². The Hall–Kier alpha value is -1.28. The molecule has 0 aromatic rings. The molecule has 2 saturated heterocycles. The Morgan fingerprint density at radius 1 is 1.28 bits per heavy atom. The van der Waals surface area contributed by atoms with Crippen LogP contribution in [0, 0.1) is 5.92 Å². The first-order valence-electron chi connectivity index (χ1n) is 8.84. The lowest BCUT2D eigenvalue weighted by atomic mass is 9.86. The zero-order valence-electron chi connectivity index (χ0n) is 14.8. The summed E-state index contributed by atoms with van der Waals surface area (Å²) in [6.45, 7) is 3.56. The molecule has 1 saturated carbocycles. The van der Waals surface area contributed by atoms with Gasteiger partial charge in [-0.05, 0) is 26.7 Å². The number of likely N-dealkylation sites (N-methyl/N-ethyl adjacent to an activating group) is 1. The summed E-state index contributed by atoms with van der Waals surface area (Å²) in [4.78, 5) is 39.6. The molecular formula is C17H26N2O5S. The van der Waals surface area contributed by atoms with Crippen molar-refractivity contribution in [1.29, 1.82) is 0 Å². The lowest BCUT2D eigenvalue weighted by Gasteiger charge is -2.46. The number of aliphatic hydroxyl groups is 1. The molecule has 3 fully saturated rings. The van der Waals surface area contributed by atoms with Crippen LogP contribution in [0.1, 0.15) is 46.0 Å². The van der Waals surface area contributed by atoms with Crippen molar-refractivity contribution in [3.8, 4) is 0 Å². The van der Waals surface area contributed by atoms with E-state index in [9.17, 15) is 24.6 Å². The van der Waals surface area contributed by atoms with Crippen molar-refractivity contribution < 1.29 is 24.6 Å². The summed E-state index contributed by atoms with van der Waals surface area (Å²) >= 11 is 1.35. The minimum absolute atomic E-state index is 0.113. The van der Waals surface area contributed by atoms with Gasteiger partial charge in [0.05, 0.1) is 5.37 Å². The van der Waals surface area contributed by atoms with E-state index in [-0.39, 0.29) is 6.04 Å². The van der Waals surface area contributed by atoms with Gasteiger partial charge in [0.15, 0.2) is 0 Å². The van der Waals surface area contributed by atoms with Crippen molar-refractivity contribution in [2.75, 3.05) is 7.05 Å². The Morgan fingerprint density at radius 2 is 1.88 bits per heavy atom. The monoisotopic (exact) mass is 370 g/mol. The molecule has 0 aromatic heterocycles. The number of thioether (sulfide) groups is 1. The largest absolute Gasteiger partial charge is 0.480 e. The molecule has 2 N–H and O–H groups in total. The number of hydrogen-bond donors (Lipinski definition) is 2. The second-order valence-corrected chi connectivity index (χ2v) is 9.58. The van der Waals surface area contributed by atoms with Crippen molar-refractivity contribution in [3.63, 3.8) is 0 Å². The fraction of sp³-hybridized carbons (Fsp3) is 0.824. The Labute approximate surface area is 151 Å². The number of aliphatic carboxylic acids is 1. The minimum Gasteiger partial charge on any atom is -0.480 e. The third kappa shape index (κ3) is 2.93. The van der Waals surface area contributed by atoms with Gasteiger partial charge >= 0.3 is 5.97 Å². The normalized spacial score (nSPS) is 32.7. The second kappa shape index (κ2) is 6.46. The maximum absolute atomic E-state index is 12.7. The second-order valence-electron chi connectivity index (χ2n) is 7.81. The number of nitrogens with zero attached hydrogens (tertiary/aromatic N) is 2. The number of hydrogen-bond acceptors (Lipinski definition) is 5. The highest BCUT2D eigenvalue weighted by molar-refractivity contribution is 8.01. The summed E-state index contributed by atoms with van der Waals surface area (Å²) in [5.41, 5.74) is 0. The van der Waals surface area contributed by atoms with Crippen LogP contribution in [0.2, 0.25) is 0 Å². The zero-order chi connectivity index (χ0) is 18.5. The van der Waals surface area contributed by atoms with Crippen molar-refractivity contribution in [2.24, 2.45) is 5.92 Å². The molecule has 25 heavy (non-hydrogen) atoms. The van der Waals surface area contributed by atoms with Crippen LogP contribution < -0.4 is 0 Å². The first-order chi connectivity index (χ1) is 11.7. The molecule has 0 aromatic carbocycles. The third-order valence-corrected chi connectivity index (χ3v) is 7.37. The average molecular weight is 370 g/mol. The average Bonchev–Trinajstić information content (AvgIpc) is 2.82. The quantitative estimate of drug-likeness (QED) is 0.714. The van der Waals surface area contributed by atoms with Gasteiger partial charge in [0.25, 0.3) is 5.91 Å². The number of amides is 2. The van der Waals surface area contributed by atoms with E-state index >= 15 is 0 Å². The van der Waals surface area contributed by atoms with E-state index < -0.39 is 46.0 Å². The number of carboxylic acids is 1. The van der Waals surface area contributed by atoms with Gasteiger partial charge in [-0.3, -0.25) is 9.59 Å². The van der Waals surface area contributed by atoms with Crippen LogP contribution >= 0.6 is 11.8 Å². The molecule has 3 rings (SSSR count). The van der Waals surface area contributed by atoms with E-state index in [0.29, 0.717) is 0 Å². The number of carbonyl (C=O) groups excluding carboxylic acids is 2. The molecule has 8 heteroatoms. The molecule has 0 radical (unpaired) electrons. The Balaban J connectivity index is 1.71. The van der Waals surface area contributed by atoms with E-state index in [2.05, 4.69) is 0 Å². The van der Waals surface area contributed by atoms with E-state index in [0.717, 1.165) is 25.7 Å². The Bertz CT molecular complexity index is 590. The predicted molar refractivity (Wildman–Crippen MR) is 92.9 cm³/mol. The number of rotatable bonds is 4. The summed E-state index contributed by atoms with van der Waals surface area (Å²) < 4.78 is -0.654. The summed E-state index contributed by atoms with van der Waals surface area (Å²) in [5.74, 6) is -2.77. The summed E-state index contributed by atoms with van der Waals surface area (Å²) in [6, 6.07) is -0.814. The van der Waals surface area contributed by atoms with E-state index in [1.54, 1.807) is 25.8 Å². The first-order valence-corrected chi connectivity index (χ1v) is 9.72. The van der Waals surface area contributed by atoms with Gasteiger partial charge in [-0.15, -0.1) is 11.8 Å². The van der Waals surface area contributed by atoms with E-state index in [1.165, 1.54) is 23.1 Å². The van der Waals surface area contributed by atoms with Crippen LogP contribution in [0.25, 0.3) is 0 Å². The van der Waals surface area contributed by atoms with Gasteiger partial charge in [-0.1, -0.05) is 19.3 Å². The van der Waals surface area contributed by atoms with Gasteiger partial charge in [-0.25, -0.2) is 4.79 Å². The van der Waals surface area contributed by atoms with Gasteiger partial charge in [0, 0.05) is 17.8 Å². The van der Waals surface area contributed by atoms with Crippen molar-refractivity contribution in [1.82, 2.24) is 9.80 Å². The van der Waals surface area contributed by atoms with E-state index in [4.69, 9.17) is 0 Å². The lowest BCUT2D eigenvalue weighted by molar-refractivity contribution is -0.173. The molecule has 7 nitrogen and oxygen atoms in total. The number of β-lactam (4-membered cyclic amide) rings is 1. The first kappa shape index (κ1) is 18.5. The minimum atomic E-state index is -1.41. The van der Waals surface area contributed by atoms with Crippen LogP contribution in [0.4, 0.5) is 0 Å². The molecule has 0 bridgehead atoms. The predicted octanol–water partition coefficient (Wildman–Crippen LogP) is 0.901. The number of aliphatic hydroxyl groups excluding tert-OH is 1. The molecule has 2 aliphatic heterocycles. The number of carbonyl (C=O) groups is 3. The maximum Gasteiger partial charge on any atom is 0.327 e. The van der Waals surface area contributed by atoms with E-state index in [1.807, 2.05) is 0 Å². The maximum atomic E-state index is 12.7. The topological polar surface area (TPSA) is 98.2 Å². The molecule has 4 atom stereocenters. The molecular weight excluding hydrogens is 344 g/mol. The molecule has 0 spiro atoms. The lowest BCUT2D eigenvalue weighted by Crippen LogP contribution is -2.67. The van der Waals surface area contributed by atoms with Crippen LogP contribution in [0.5, 0.6) is 0 Å². The van der Waals surface area contributed by atoms with Gasteiger partial charge in [0.2, 0.25) is 5.91 Å². The highest BCUT2D eigenvalue weighted by Crippen LogP contribution is 2.54. The fourth-order valence-corrected chi connectivity index (χ4v) is 6.06. The van der Waals surface area contributed by atoms with Crippen molar-refractivity contribution >= 4 is 29.5 Å². The Morgan fingerprint density at radius 3 is 2.44 bits per heavy atom. The van der Waals surface area contributed by atoms with Crippen molar-refractivity contribution in [3.05, 3.63) is 0 Å². The number of fused-ring (bicyclic) bond motifs is 1. The molecule has 1 aliphatic carbocycles. The van der Waals surface area contributed by atoms with Crippen LogP contribution in [0.15, 0.2) is 0 Å². The molecule has 2 amide bonds. The SMILES string of the molecule is CN(C(=O)[C@@H](O)[C@@H]1C(=O)N2[C@@H]1SC(C)(C)[C@@H]2C(=O)O)C1CCCCC1. The summed E-state index contributed by atoms with van der Waals surface area (Å²) in [6.07, 6.45) is 3.75. The highest BCUT2D eigenvalue weighted by atomic mass is 32.2. The van der Waals surface area contributed by atoms with Crippen LogP contribution in [0.3, 0.4) is 0 Å². The zero-order valence-corrected chi connectivity index (χ0v) is 15.7. The molecule has 0 unspecified atom stereocenters. The smallest absolute Gasteiger partial charge is 0.327 e. The summed E-state index contributed by atoms with van der Waals surface area (Å²) in [5, 5.41) is 19.5. The van der Waals surface area contributed by atoms with Crippen LogP contribution in [-0.2, 0) is 14.4 Å². The summed E-state index contributed by atoms with van der Waals surface area (Å²) in [7, 11) is 1.69. The standard InChI is InChI=1S/C17H26N2O5S/c1-17(2)12(16(23)24)19-13(21)10(15(19)25-17)11(20)14(22)18(3)9-7-5-4-6-8-9/h9-12,15,20H,4-8H2,1-3H3,(H,23,24)/t10-,11+,12+,15-/m1/s1. The van der Waals surface area contributed by atoms with Crippen molar-refractivity contribution in [2.45, 2.75) is 74.3 Å². The molecule has 2 heterocycles. The number of carboxylic acid groups (broad SMARTS) is 1. The van der Waals surface area contributed by atoms with Gasteiger partial charge in [-0.2, -0.15) is 0 Å². The van der Waals surface area contributed by atoms with Crippen LogP contribution in [-0.4, -0.2) is 73.2 Å². The Kier molecular flexibility index (Phi) is 4.79. The highest BCUT2D eigenvalue weighted by Gasteiger charge is 2.66.